The van der Waals surface area contributed by atoms with Crippen molar-refractivity contribution >= 4 is 26.9 Å². The van der Waals surface area contributed by atoms with Crippen LogP contribution in [-0.2, 0) is 16.6 Å². The van der Waals surface area contributed by atoms with E-state index in [-0.39, 0.29) is 10.7 Å². The van der Waals surface area contributed by atoms with Crippen LogP contribution >= 0.6 is 0 Å². The first-order valence-electron chi connectivity index (χ1n) is 9.12. The van der Waals surface area contributed by atoms with Gasteiger partial charge in [-0.2, -0.15) is 4.57 Å². The van der Waals surface area contributed by atoms with Gasteiger partial charge in [-0.3, -0.25) is 4.72 Å². The molecule has 9 heteroatoms. The monoisotopic (exact) mass is 422 g/mol. The lowest BCUT2D eigenvalue weighted by molar-refractivity contribution is -0.686. The van der Waals surface area contributed by atoms with E-state index in [0.717, 1.165) is 0 Å². The number of ether oxygens (including phenoxy) is 1. The SMILES string of the molecule is C=CC[n+]1ccn(-c2nc3ccccc3nc2NS(=O)(=O)c2ccc(OC)cc2)c1. The van der Waals surface area contributed by atoms with E-state index >= 15 is 0 Å². The molecule has 0 saturated heterocycles. The fraction of sp³-hybridized carbons (Fsp3) is 0.0952. The van der Waals surface area contributed by atoms with Gasteiger partial charge in [-0.05, 0) is 36.4 Å². The minimum atomic E-state index is -3.89. The second-order valence-electron chi connectivity index (χ2n) is 6.47. The Hall–Kier alpha value is -3.72. The number of para-hydroxylation sites is 2. The largest absolute Gasteiger partial charge is 0.497 e. The lowest BCUT2D eigenvalue weighted by atomic mass is 10.3. The molecule has 152 valence electrons. The number of sulfonamides is 1. The van der Waals surface area contributed by atoms with Gasteiger partial charge in [0.2, 0.25) is 5.82 Å². The van der Waals surface area contributed by atoms with Crippen LogP contribution in [0.25, 0.3) is 16.9 Å². The van der Waals surface area contributed by atoms with Gasteiger partial charge in [-0.1, -0.05) is 24.8 Å². The number of benzene rings is 2. The maximum Gasteiger partial charge on any atom is 0.270 e. The van der Waals surface area contributed by atoms with E-state index in [1.807, 2.05) is 29.0 Å². The van der Waals surface area contributed by atoms with Gasteiger partial charge in [0.1, 0.15) is 24.7 Å². The van der Waals surface area contributed by atoms with Gasteiger partial charge in [0.05, 0.1) is 23.0 Å². The number of anilines is 1. The van der Waals surface area contributed by atoms with Gasteiger partial charge in [-0.15, -0.1) is 0 Å². The maximum atomic E-state index is 13.0. The molecule has 2 aromatic heterocycles. The van der Waals surface area contributed by atoms with E-state index in [1.54, 1.807) is 41.4 Å². The van der Waals surface area contributed by atoms with Crippen molar-refractivity contribution in [3.63, 3.8) is 0 Å². The molecule has 8 nitrogen and oxygen atoms in total. The molecule has 30 heavy (non-hydrogen) atoms. The maximum absolute atomic E-state index is 13.0. The number of methoxy groups -OCH3 is 1. The molecule has 0 amide bonds. The van der Waals surface area contributed by atoms with E-state index in [1.165, 1.54) is 19.2 Å². The van der Waals surface area contributed by atoms with Crippen LogP contribution in [-0.4, -0.2) is 30.1 Å². The highest BCUT2D eigenvalue weighted by atomic mass is 32.2. The highest BCUT2D eigenvalue weighted by molar-refractivity contribution is 7.92. The van der Waals surface area contributed by atoms with Gasteiger partial charge in [0.25, 0.3) is 22.2 Å². The summed E-state index contributed by atoms with van der Waals surface area (Å²) < 4.78 is 37.3. The molecule has 0 atom stereocenters. The van der Waals surface area contributed by atoms with Crippen LogP contribution in [0.4, 0.5) is 5.82 Å². The summed E-state index contributed by atoms with van der Waals surface area (Å²) in [6, 6.07) is 13.4. The fourth-order valence-corrected chi connectivity index (χ4v) is 3.96. The molecule has 4 aromatic rings. The Balaban J connectivity index is 1.80. The Kier molecular flexibility index (Phi) is 5.20. The van der Waals surface area contributed by atoms with Crippen molar-refractivity contribution < 1.29 is 17.7 Å². The standard InChI is InChI=1S/C21H20N5O3S/c1-3-12-25-13-14-26(15-25)21-20(22-18-6-4-5-7-19(18)23-21)24-30(27,28)17-10-8-16(29-2)9-11-17/h3-11,13-15H,1,12H2,2H3,(H,22,24)/q+1. The molecule has 0 fully saturated rings. The fourth-order valence-electron chi connectivity index (χ4n) is 2.96. The molecule has 0 spiro atoms. The number of hydrogen-bond acceptors (Lipinski definition) is 5. The van der Waals surface area contributed by atoms with Crippen molar-refractivity contribution in [2.45, 2.75) is 11.4 Å². The minimum absolute atomic E-state index is 0.0958. The lowest BCUT2D eigenvalue weighted by Gasteiger charge is -2.10. The summed E-state index contributed by atoms with van der Waals surface area (Å²) in [5.41, 5.74) is 1.24. The molecule has 0 radical (unpaired) electrons. The topological polar surface area (TPSA) is 90.0 Å². The molecule has 0 saturated carbocycles. The summed E-state index contributed by atoms with van der Waals surface area (Å²) in [6.07, 6.45) is 7.20. The summed E-state index contributed by atoms with van der Waals surface area (Å²) in [6.45, 7) is 4.34. The number of fused-ring (bicyclic) bond motifs is 1. The molecule has 0 bridgehead atoms. The normalized spacial score (nSPS) is 11.4. The molecule has 4 rings (SSSR count). The number of nitrogens with zero attached hydrogens (tertiary/aromatic N) is 4. The summed E-state index contributed by atoms with van der Waals surface area (Å²) in [7, 11) is -2.36. The highest BCUT2D eigenvalue weighted by Gasteiger charge is 2.22. The van der Waals surface area contributed by atoms with E-state index in [2.05, 4.69) is 21.3 Å². The first-order valence-corrected chi connectivity index (χ1v) is 10.6. The predicted octanol–water partition coefficient (Wildman–Crippen LogP) is 2.70. The van der Waals surface area contributed by atoms with Crippen molar-refractivity contribution in [2.24, 2.45) is 0 Å². The number of imidazole rings is 1. The molecule has 0 aliphatic heterocycles. The summed E-state index contributed by atoms with van der Waals surface area (Å²) >= 11 is 0. The lowest BCUT2D eigenvalue weighted by Crippen LogP contribution is -2.29. The van der Waals surface area contributed by atoms with Gasteiger partial charge < -0.3 is 4.74 Å². The Labute approximate surface area is 174 Å². The zero-order valence-electron chi connectivity index (χ0n) is 16.3. The molecule has 2 heterocycles. The molecular formula is C21H20N5O3S+. The van der Waals surface area contributed by atoms with E-state index in [0.29, 0.717) is 29.1 Å². The van der Waals surface area contributed by atoms with Gasteiger partial charge in [-0.25, -0.2) is 23.0 Å². The number of hydrogen-bond donors (Lipinski definition) is 1. The number of nitrogens with one attached hydrogen (secondary N) is 1. The Morgan fingerprint density at radius 2 is 1.83 bits per heavy atom. The zero-order valence-corrected chi connectivity index (χ0v) is 17.1. The van der Waals surface area contributed by atoms with Crippen LogP contribution in [0.1, 0.15) is 0 Å². The van der Waals surface area contributed by atoms with Crippen LogP contribution in [0, 0.1) is 0 Å². The van der Waals surface area contributed by atoms with E-state index < -0.39 is 10.0 Å². The van der Waals surface area contributed by atoms with Crippen LogP contribution in [0.2, 0.25) is 0 Å². The summed E-state index contributed by atoms with van der Waals surface area (Å²) in [5, 5.41) is 0. The first kappa shape index (κ1) is 19.6. The van der Waals surface area contributed by atoms with Crippen molar-refractivity contribution in [1.29, 1.82) is 0 Å². The summed E-state index contributed by atoms with van der Waals surface area (Å²) in [5.74, 6) is 1.07. The predicted molar refractivity (Wildman–Crippen MR) is 113 cm³/mol. The third-order valence-corrected chi connectivity index (χ3v) is 5.78. The van der Waals surface area contributed by atoms with Crippen LogP contribution in [0.15, 0.2) is 84.8 Å². The third-order valence-electron chi connectivity index (χ3n) is 4.43. The number of aromatic nitrogens is 4. The molecule has 1 N–H and O–H groups in total. The van der Waals surface area contributed by atoms with Crippen molar-refractivity contribution in [3.8, 4) is 11.6 Å². The molecule has 0 aliphatic carbocycles. The van der Waals surface area contributed by atoms with Gasteiger partial charge >= 0.3 is 0 Å². The van der Waals surface area contributed by atoms with Crippen molar-refractivity contribution in [2.75, 3.05) is 11.8 Å². The number of allylic oxidation sites excluding steroid dienone is 1. The van der Waals surface area contributed by atoms with Crippen LogP contribution in [0.3, 0.4) is 0 Å². The average molecular weight is 422 g/mol. The van der Waals surface area contributed by atoms with Gasteiger partial charge in [0, 0.05) is 0 Å². The molecule has 2 aromatic carbocycles. The second kappa shape index (κ2) is 7.96. The Morgan fingerprint density at radius 3 is 2.50 bits per heavy atom. The highest BCUT2D eigenvalue weighted by Crippen LogP contribution is 2.24. The zero-order chi connectivity index (χ0) is 21.1. The third kappa shape index (κ3) is 3.87. The van der Waals surface area contributed by atoms with Crippen LogP contribution < -0.4 is 14.0 Å². The van der Waals surface area contributed by atoms with Crippen molar-refractivity contribution in [3.05, 3.63) is 79.9 Å². The second-order valence-corrected chi connectivity index (χ2v) is 8.15. The van der Waals surface area contributed by atoms with Gasteiger partial charge in [0.15, 0.2) is 0 Å². The first-order chi connectivity index (χ1) is 14.5. The number of rotatable bonds is 7. The minimum Gasteiger partial charge on any atom is -0.497 e. The van der Waals surface area contributed by atoms with E-state index in [4.69, 9.17) is 4.74 Å². The Bertz CT molecular complexity index is 1310. The average Bonchev–Trinajstić information content (AvgIpc) is 3.22. The van der Waals surface area contributed by atoms with Crippen LogP contribution in [0.5, 0.6) is 5.75 Å². The van der Waals surface area contributed by atoms with E-state index in [9.17, 15) is 8.42 Å². The quantitative estimate of drug-likeness (QED) is 0.365. The Morgan fingerprint density at radius 1 is 1.13 bits per heavy atom. The van der Waals surface area contributed by atoms with Crippen molar-refractivity contribution in [1.82, 2.24) is 14.5 Å². The smallest absolute Gasteiger partial charge is 0.270 e. The molecule has 0 aliphatic rings. The summed E-state index contributed by atoms with van der Waals surface area (Å²) in [4.78, 5) is 9.26. The molecule has 0 unspecified atom stereocenters. The molecular weight excluding hydrogens is 402 g/mol.